The summed E-state index contributed by atoms with van der Waals surface area (Å²) < 4.78 is 12.6. The molecule has 1 heterocycles. The Morgan fingerprint density at radius 1 is 1.77 bits per heavy atom. The fourth-order valence-electron chi connectivity index (χ4n) is 0.855. The molecule has 0 bridgehead atoms. The van der Waals surface area contributed by atoms with Crippen molar-refractivity contribution in [1.82, 2.24) is 4.98 Å². The van der Waals surface area contributed by atoms with Gasteiger partial charge in [-0.05, 0) is 11.6 Å². The van der Waals surface area contributed by atoms with Gasteiger partial charge in [-0.2, -0.15) is 9.65 Å². The zero-order valence-electron chi connectivity index (χ0n) is 6.67. The van der Waals surface area contributed by atoms with Crippen molar-refractivity contribution in [2.75, 3.05) is 0 Å². The van der Waals surface area contributed by atoms with E-state index in [0.717, 1.165) is 0 Å². The third-order valence-corrected chi connectivity index (χ3v) is 1.82. The van der Waals surface area contributed by atoms with Crippen LogP contribution in [0.15, 0.2) is 12.3 Å². The predicted molar refractivity (Wildman–Crippen MR) is 46.4 cm³/mol. The van der Waals surface area contributed by atoms with Crippen LogP contribution in [-0.4, -0.2) is 4.98 Å². The minimum absolute atomic E-state index is 0.0779. The molecule has 0 aliphatic rings. The number of hydrogen-bond acceptors (Lipinski definition) is 3. The van der Waals surface area contributed by atoms with Gasteiger partial charge in [0.05, 0.1) is 17.5 Å². The standard InChI is InChI=1S/C8H7ClFN3/c9-6-3-5(4-13-8(6)10)7(12)1-2-11/h3-4,7H,1,12H2. The van der Waals surface area contributed by atoms with Crippen LogP contribution in [0, 0.1) is 17.3 Å². The van der Waals surface area contributed by atoms with E-state index in [0.29, 0.717) is 5.56 Å². The molecule has 0 aliphatic heterocycles. The summed E-state index contributed by atoms with van der Waals surface area (Å²) in [4.78, 5) is 3.39. The number of pyridine rings is 1. The lowest BCUT2D eigenvalue weighted by Crippen LogP contribution is -2.09. The van der Waals surface area contributed by atoms with Gasteiger partial charge >= 0.3 is 0 Å². The summed E-state index contributed by atoms with van der Waals surface area (Å²) in [6.07, 6.45) is 1.44. The fourth-order valence-corrected chi connectivity index (χ4v) is 1.03. The van der Waals surface area contributed by atoms with Gasteiger partial charge in [0.15, 0.2) is 0 Å². The summed E-state index contributed by atoms with van der Waals surface area (Å²) in [5.74, 6) is -0.727. The van der Waals surface area contributed by atoms with Crippen LogP contribution in [0.3, 0.4) is 0 Å². The normalized spacial score (nSPS) is 12.2. The van der Waals surface area contributed by atoms with Crippen molar-refractivity contribution < 1.29 is 4.39 Å². The fraction of sp³-hybridized carbons (Fsp3) is 0.250. The largest absolute Gasteiger partial charge is 0.323 e. The third kappa shape index (κ3) is 2.38. The number of nitriles is 1. The lowest BCUT2D eigenvalue weighted by molar-refractivity contribution is 0.580. The second-order valence-electron chi connectivity index (χ2n) is 2.51. The number of nitrogens with zero attached hydrogens (tertiary/aromatic N) is 2. The van der Waals surface area contributed by atoms with E-state index in [-0.39, 0.29) is 11.4 Å². The molecule has 5 heteroatoms. The first kappa shape index (κ1) is 9.90. The highest BCUT2D eigenvalue weighted by molar-refractivity contribution is 6.30. The van der Waals surface area contributed by atoms with Crippen molar-refractivity contribution in [3.63, 3.8) is 0 Å². The van der Waals surface area contributed by atoms with Gasteiger partial charge in [0.25, 0.3) is 0 Å². The molecule has 13 heavy (non-hydrogen) atoms. The summed E-state index contributed by atoms with van der Waals surface area (Å²) in [5.41, 5.74) is 6.14. The average molecular weight is 200 g/mol. The van der Waals surface area contributed by atoms with Crippen LogP contribution >= 0.6 is 11.6 Å². The molecule has 0 saturated carbocycles. The second-order valence-corrected chi connectivity index (χ2v) is 2.92. The second kappa shape index (κ2) is 4.17. The van der Waals surface area contributed by atoms with Crippen LogP contribution in [0.1, 0.15) is 18.0 Å². The van der Waals surface area contributed by atoms with E-state index in [9.17, 15) is 4.39 Å². The van der Waals surface area contributed by atoms with Crippen LogP contribution in [0.2, 0.25) is 5.02 Å². The van der Waals surface area contributed by atoms with Crippen LogP contribution in [0.25, 0.3) is 0 Å². The highest BCUT2D eigenvalue weighted by Crippen LogP contribution is 2.18. The maximum absolute atomic E-state index is 12.6. The Bertz CT molecular complexity index is 348. The summed E-state index contributed by atoms with van der Waals surface area (Å²) in [6.45, 7) is 0. The maximum Gasteiger partial charge on any atom is 0.231 e. The average Bonchev–Trinajstić information content (AvgIpc) is 2.10. The number of aromatic nitrogens is 1. The molecule has 2 N–H and O–H groups in total. The molecule has 1 aromatic rings. The van der Waals surface area contributed by atoms with E-state index in [1.165, 1.54) is 12.3 Å². The quantitative estimate of drug-likeness (QED) is 0.739. The zero-order valence-corrected chi connectivity index (χ0v) is 7.42. The van der Waals surface area contributed by atoms with Crippen molar-refractivity contribution >= 4 is 11.6 Å². The van der Waals surface area contributed by atoms with Crippen LogP contribution in [0.5, 0.6) is 0 Å². The molecule has 0 aromatic carbocycles. The molecule has 0 amide bonds. The van der Waals surface area contributed by atoms with Gasteiger partial charge in [0.2, 0.25) is 5.95 Å². The highest BCUT2D eigenvalue weighted by Gasteiger charge is 2.08. The van der Waals surface area contributed by atoms with Gasteiger partial charge in [-0.25, -0.2) is 4.98 Å². The predicted octanol–water partition coefficient (Wildman–Crippen LogP) is 1.79. The molecule has 3 nitrogen and oxygen atoms in total. The number of rotatable bonds is 2. The Hall–Kier alpha value is -1.18. The van der Waals surface area contributed by atoms with E-state index in [2.05, 4.69) is 4.98 Å². The smallest absolute Gasteiger partial charge is 0.231 e. The van der Waals surface area contributed by atoms with Crippen molar-refractivity contribution in [1.29, 1.82) is 5.26 Å². The van der Waals surface area contributed by atoms with E-state index < -0.39 is 12.0 Å². The first-order chi connectivity index (χ1) is 6.15. The minimum Gasteiger partial charge on any atom is -0.323 e. The molecule has 1 rings (SSSR count). The molecule has 0 aliphatic carbocycles. The molecular weight excluding hydrogens is 193 g/mol. The van der Waals surface area contributed by atoms with Crippen LogP contribution < -0.4 is 5.73 Å². The summed E-state index contributed by atoms with van der Waals surface area (Å²) in [6, 6.07) is 2.83. The van der Waals surface area contributed by atoms with Crippen molar-refractivity contribution in [3.05, 3.63) is 28.8 Å². The van der Waals surface area contributed by atoms with E-state index in [1.54, 1.807) is 0 Å². The Labute approximate surface area is 79.9 Å². The van der Waals surface area contributed by atoms with E-state index in [4.69, 9.17) is 22.6 Å². The number of halogens is 2. The Balaban J connectivity index is 2.91. The Morgan fingerprint density at radius 2 is 2.46 bits per heavy atom. The van der Waals surface area contributed by atoms with Gasteiger partial charge in [-0.1, -0.05) is 11.6 Å². The Morgan fingerprint density at radius 3 is 3.00 bits per heavy atom. The Kier molecular flexibility index (Phi) is 3.18. The topological polar surface area (TPSA) is 62.7 Å². The summed E-state index contributed by atoms with van der Waals surface area (Å²) >= 11 is 5.48. The molecule has 0 fully saturated rings. The minimum atomic E-state index is -0.727. The van der Waals surface area contributed by atoms with Crippen LogP contribution in [-0.2, 0) is 0 Å². The van der Waals surface area contributed by atoms with Gasteiger partial charge < -0.3 is 5.73 Å². The molecular formula is C8H7ClFN3. The molecule has 0 spiro atoms. The molecule has 1 unspecified atom stereocenters. The number of hydrogen-bond donors (Lipinski definition) is 1. The van der Waals surface area contributed by atoms with Gasteiger partial charge in [-0.15, -0.1) is 0 Å². The first-order valence-electron chi connectivity index (χ1n) is 3.58. The molecule has 1 atom stereocenters. The molecule has 1 aromatic heterocycles. The summed E-state index contributed by atoms with van der Waals surface area (Å²) in [7, 11) is 0. The van der Waals surface area contributed by atoms with Crippen molar-refractivity contribution in [2.24, 2.45) is 5.73 Å². The van der Waals surface area contributed by atoms with Crippen LogP contribution in [0.4, 0.5) is 4.39 Å². The molecule has 0 radical (unpaired) electrons. The van der Waals surface area contributed by atoms with Crippen molar-refractivity contribution in [3.8, 4) is 6.07 Å². The van der Waals surface area contributed by atoms with Crippen molar-refractivity contribution in [2.45, 2.75) is 12.5 Å². The monoisotopic (exact) mass is 199 g/mol. The van der Waals surface area contributed by atoms with Gasteiger partial charge in [-0.3, -0.25) is 0 Å². The maximum atomic E-state index is 12.6. The lowest BCUT2D eigenvalue weighted by atomic mass is 10.1. The lowest BCUT2D eigenvalue weighted by Gasteiger charge is -2.06. The third-order valence-electron chi connectivity index (χ3n) is 1.56. The zero-order chi connectivity index (χ0) is 9.84. The van der Waals surface area contributed by atoms with E-state index >= 15 is 0 Å². The molecule has 0 saturated heterocycles. The highest BCUT2D eigenvalue weighted by atomic mass is 35.5. The van der Waals surface area contributed by atoms with Gasteiger partial charge in [0, 0.05) is 12.2 Å². The van der Waals surface area contributed by atoms with E-state index in [1.807, 2.05) is 6.07 Å². The number of nitrogens with two attached hydrogens (primary N) is 1. The summed E-state index contributed by atoms with van der Waals surface area (Å²) in [5, 5.41) is 8.29. The SMILES string of the molecule is N#CCC(N)c1cnc(F)c(Cl)c1. The molecule has 68 valence electrons. The first-order valence-corrected chi connectivity index (χ1v) is 3.96. The van der Waals surface area contributed by atoms with Gasteiger partial charge in [0.1, 0.15) is 0 Å².